The van der Waals surface area contributed by atoms with Crippen LogP contribution < -0.4 is 14.5 Å². The lowest BCUT2D eigenvalue weighted by Crippen LogP contribution is -2.46. The number of sulfonamides is 1. The molecule has 0 bridgehead atoms. The Balaban J connectivity index is 1.63. The molecule has 0 saturated carbocycles. The van der Waals surface area contributed by atoms with E-state index >= 15 is 0 Å². The van der Waals surface area contributed by atoms with Gasteiger partial charge in [-0.15, -0.1) is 0 Å². The number of hydrogen-bond donors (Lipinski definition) is 0. The third kappa shape index (κ3) is 4.75. The van der Waals surface area contributed by atoms with Gasteiger partial charge in [-0.2, -0.15) is 4.31 Å². The van der Waals surface area contributed by atoms with Crippen LogP contribution >= 0.6 is 0 Å². The van der Waals surface area contributed by atoms with Gasteiger partial charge in [-0.3, -0.25) is 10.1 Å². The van der Waals surface area contributed by atoms with E-state index in [0.29, 0.717) is 32.0 Å². The number of morpholine rings is 1. The highest BCUT2D eigenvalue weighted by Gasteiger charge is 2.33. The van der Waals surface area contributed by atoms with E-state index in [1.807, 2.05) is 24.3 Å². The highest BCUT2D eigenvalue weighted by atomic mass is 32.2. The van der Waals surface area contributed by atoms with Gasteiger partial charge >= 0.3 is 0 Å². The van der Waals surface area contributed by atoms with E-state index < -0.39 is 14.9 Å². The first-order chi connectivity index (χ1) is 15.8. The summed E-state index contributed by atoms with van der Waals surface area (Å²) in [6, 6.07) is 11.8. The smallest absolute Gasteiger partial charge is 0.270 e. The lowest BCUT2D eigenvalue weighted by atomic mass is 10.1. The quantitative estimate of drug-likeness (QED) is 0.443. The Labute approximate surface area is 193 Å². The monoisotopic (exact) mass is 476 g/mol. The topological polar surface area (TPSA) is 105 Å². The second-order valence-electron chi connectivity index (χ2n) is 8.05. The van der Waals surface area contributed by atoms with Crippen molar-refractivity contribution in [1.29, 1.82) is 0 Å². The van der Waals surface area contributed by atoms with Crippen LogP contribution in [0.25, 0.3) is 0 Å². The molecule has 1 unspecified atom stereocenters. The molecule has 11 heteroatoms. The van der Waals surface area contributed by atoms with Crippen LogP contribution in [0.15, 0.2) is 47.4 Å². The van der Waals surface area contributed by atoms with Crippen LogP contribution in [0.1, 0.15) is 6.92 Å². The lowest BCUT2D eigenvalue weighted by molar-refractivity contribution is -0.385. The maximum atomic E-state index is 13.4. The van der Waals surface area contributed by atoms with Gasteiger partial charge in [0.2, 0.25) is 10.0 Å². The molecule has 1 atom stereocenters. The van der Waals surface area contributed by atoms with Crippen LogP contribution in [-0.4, -0.2) is 76.7 Å². The predicted molar refractivity (Wildman–Crippen MR) is 125 cm³/mol. The van der Waals surface area contributed by atoms with Crippen LogP contribution in [0.2, 0.25) is 0 Å². The summed E-state index contributed by atoms with van der Waals surface area (Å²) in [4.78, 5) is 14.7. The second kappa shape index (κ2) is 9.54. The van der Waals surface area contributed by atoms with Gasteiger partial charge in [-0.25, -0.2) is 8.42 Å². The molecule has 1 saturated heterocycles. The fourth-order valence-corrected chi connectivity index (χ4v) is 5.91. The zero-order chi connectivity index (χ0) is 23.6. The molecule has 2 aliphatic heterocycles. The fourth-order valence-electron chi connectivity index (χ4n) is 4.24. The summed E-state index contributed by atoms with van der Waals surface area (Å²) in [5, 5.41) is 11.4. The first-order valence-corrected chi connectivity index (χ1v) is 12.3. The van der Waals surface area contributed by atoms with Gasteiger partial charge in [-0.1, -0.05) is 12.1 Å². The lowest BCUT2D eigenvalue weighted by Gasteiger charge is -2.38. The minimum absolute atomic E-state index is 0.0790. The summed E-state index contributed by atoms with van der Waals surface area (Å²) in [6.45, 7) is 4.96. The van der Waals surface area contributed by atoms with Crippen LogP contribution in [0, 0.1) is 10.1 Å². The molecule has 2 aromatic rings. The molecule has 178 valence electrons. The first-order valence-electron chi connectivity index (χ1n) is 10.9. The van der Waals surface area contributed by atoms with E-state index in [1.165, 1.54) is 16.4 Å². The minimum atomic E-state index is -3.94. The van der Waals surface area contributed by atoms with Crippen LogP contribution in [0.5, 0.6) is 5.75 Å². The van der Waals surface area contributed by atoms with Gasteiger partial charge in [0.1, 0.15) is 16.7 Å². The van der Waals surface area contributed by atoms with Gasteiger partial charge < -0.3 is 19.3 Å². The fraction of sp³-hybridized carbons (Fsp3) is 0.455. The summed E-state index contributed by atoms with van der Waals surface area (Å²) in [5.41, 5.74) is 1.17. The van der Waals surface area contributed by atoms with Crippen molar-refractivity contribution in [3.63, 3.8) is 0 Å². The normalized spacial score (nSPS) is 19.0. The molecule has 33 heavy (non-hydrogen) atoms. The molecule has 10 nitrogen and oxygen atoms in total. The Kier molecular flexibility index (Phi) is 6.73. The Morgan fingerprint density at radius 1 is 1.18 bits per heavy atom. The first kappa shape index (κ1) is 23.3. The molecule has 2 aliphatic rings. The Morgan fingerprint density at radius 2 is 1.91 bits per heavy atom. The van der Waals surface area contributed by atoms with Crippen LogP contribution in [0.4, 0.5) is 17.1 Å². The van der Waals surface area contributed by atoms with Gasteiger partial charge in [0.05, 0.1) is 42.6 Å². The van der Waals surface area contributed by atoms with E-state index in [4.69, 9.17) is 9.47 Å². The van der Waals surface area contributed by atoms with Crippen molar-refractivity contribution in [3.05, 3.63) is 52.6 Å². The molecule has 1 fully saturated rings. The Bertz CT molecular complexity index is 1120. The van der Waals surface area contributed by atoms with Crippen molar-refractivity contribution >= 4 is 27.1 Å². The van der Waals surface area contributed by atoms with Crippen LogP contribution in [0.3, 0.4) is 0 Å². The maximum Gasteiger partial charge on any atom is 0.270 e. The van der Waals surface area contributed by atoms with Crippen molar-refractivity contribution in [3.8, 4) is 5.75 Å². The number of hydrogen-bond acceptors (Lipinski definition) is 8. The van der Waals surface area contributed by atoms with Crippen molar-refractivity contribution in [1.82, 2.24) is 4.31 Å². The highest BCUT2D eigenvalue weighted by Crippen LogP contribution is 2.35. The number of anilines is 2. The van der Waals surface area contributed by atoms with Crippen LogP contribution in [-0.2, 0) is 14.8 Å². The number of non-ortho nitro benzene ring substituents is 1. The molecule has 2 heterocycles. The summed E-state index contributed by atoms with van der Waals surface area (Å²) in [5.74, 6) is 0.786. The van der Waals surface area contributed by atoms with Gasteiger partial charge in [0, 0.05) is 38.8 Å². The van der Waals surface area contributed by atoms with Crippen molar-refractivity contribution < 1.29 is 22.8 Å². The average Bonchev–Trinajstić information content (AvgIpc) is 2.83. The summed E-state index contributed by atoms with van der Waals surface area (Å²) < 4.78 is 39.6. The largest absolute Gasteiger partial charge is 0.485 e. The number of fused-ring (bicyclic) bond motifs is 1. The van der Waals surface area contributed by atoms with Gasteiger partial charge in [0.15, 0.2) is 0 Å². The maximum absolute atomic E-state index is 13.4. The summed E-state index contributed by atoms with van der Waals surface area (Å²) in [6.07, 6.45) is -0.209. The van der Waals surface area contributed by atoms with Gasteiger partial charge in [-0.05, 0) is 25.1 Å². The Morgan fingerprint density at radius 3 is 2.61 bits per heavy atom. The third-order valence-corrected chi connectivity index (χ3v) is 7.86. The van der Waals surface area contributed by atoms with E-state index in [1.54, 1.807) is 11.9 Å². The number of para-hydroxylation sites is 2. The predicted octanol–water partition coefficient (Wildman–Crippen LogP) is 2.34. The molecule has 0 amide bonds. The molecule has 0 N–H and O–H groups in total. The molecule has 2 aromatic carbocycles. The van der Waals surface area contributed by atoms with E-state index in [-0.39, 0.29) is 29.8 Å². The zero-order valence-electron chi connectivity index (χ0n) is 18.7. The SMILES string of the molecule is CCN1CC(CN(C)c2ccc([N+](=O)[O-])cc2S(=O)(=O)N2CCOCC2)Oc2ccccc21. The van der Waals surface area contributed by atoms with E-state index in [0.717, 1.165) is 24.0 Å². The van der Waals surface area contributed by atoms with E-state index in [9.17, 15) is 18.5 Å². The average molecular weight is 477 g/mol. The molecule has 0 spiro atoms. The number of ether oxygens (including phenoxy) is 2. The molecule has 0 aliphatic carbocycles. The minimum Gasteiger partial charge on any atom is -0.485 e. The second-order valence-corrected chi connectivity index (χ2v) is 9.96. The zero-order valence-corrected chi connectivity index (χ0v) is 19.5. The third-order valence-electron chi connectivity index (χ3n) is 5.94. The number of likely N-dealkylation sites (N-methyl/N-ethyl adjacent to an activating group) is 2. The van der Waals surface area contributed by atoms with Crippen molar-refractivity contribution in [2.24, 2.45) is 0 Å². The van der Waals surface area contributed by atoms with Crippen molar-refractivity contribution in [2.45, 2.75) is 17.9 Å². The van der Waals surface area contributed by atoms with Gasteiger partial charge in [0.25, 0.3) is 5.69 Å². The molecule has 0 radical (unpaired) electrons. The number of benzene rings is 2. The number of rotatable bonds is 7. The molecule has 0 aromatic heterocycles. The summed E-state index contributed by atoms with van der Waals surface area (Å²) >= 11 is 0. The molecule has 4 rings (SSSR count). The number of nitro benzene ring substituents is 1. The van der Waals surface area contributed by atoms with E-state index in [2.05, 4.69) is 11.8 Å². The molecular weight excluding hydrogens is 448 g/mol. The highest BCUT2D eigenvalue weighted by molar-refractivity contribution is 7.89. The van der Waals surface area contributed by atoms with Crippen molar-refractivity contribution in [2.75, 3.05) is 62.8 Å². The number of nitro groups is 1. The standard InChI is InChI=1S/C22H28N4O6S/c1-3-24-16-18(32-21-7-5-4-6-19(21)24)15-23(2)20-9-8-17(26(27)28)14-22(20)33(29,30)25-10-12-31-13-11-25/h4-9,14,18H,3,10-13,15-16H2,1-2H3. The Hall–Kier alpha value is -2.89. The molecular formula is C22H28N4O6S. The number of nitrogens with zero attached hydrogens (tertiary/aromatic N) is 4. The summed E-state index contributed by atoms with van der Waals surface area (Å²) in [7, 11) is -2.17.